The Labute approximate surface area is 130 Å². The summed E-state index contributed by atoms with van der Waals surface area (Å²) in [7, 11) is 4.00. The van der Waals surface area contributed by atoms with Crippen LogP contribution in [0.25, 0.3) is 0 Å². The molecule has 0 spiro atoms. The van der Waals surface area contributed by atoms with Crippen molar-refractivity contribution in [2.45, 2.75) is 51.5 Å². The minimum absolute atomic E-state index is 0.0334. The molecule has 0 aromatic carbocycles. The van der Waals surface area contributed by atoms with Gasteiger partial charge < -0.3 is 5.32 Å². The fourth-order valence-electron chi connectivity index (χ4n) is 3.05. The number of nitrogens with one attached hydrogen (secondary N) is 1. The van der Waals surface area contributed by atoms with Crippen LogP contribution in [0.2, 0.25) is 0 Å². The Morgan fingerprint density at radius 3 is 2.71 bits per heavy atom. The van der Waals surface area contributed by atoms with E-state index in [-0.39, 0.29) is 11.5 Å². The SMILES string of the molecule is CNC(c1nc2c(s1)CCC2)c1cn(C)nc1C(C)(C)C. The van der Waals surface area contributed by atoms with Crippen LogP contribution in [0.1, 0.15) is 60.1 Å². The number of thiazole rings is 1. The van der Waals surface area contributed by atoms with Crippen LogP contribution in [0.5, 0.6) is 0 Å². The second-order valence-corrected chi connectivity index (χ2v) is 7.97. The van der Waals surface area contributed by atoms with Gasteiger partial charge in [0.2, 0.25) is 0 Å². The van der Waals surface area contributed by atoms with Crippen molar-refractivity contribution in [2.24, 2.45) is 7.05 Å². The lowest BCUT2D eigenvalue weighted by molar-refractivity contribution is 0.539. The molecule has 0 aliphatic heterocycles. The Morgan fingerprint density at radius 2 is 2.10 bits per heavy atom. The van der Waals surface area contributed by atoms with Crippen molar-refractivity contribution in [3.05, 3.63) is 33.0 Å². The monoisotopic (exact) mass is 304 g/mol. The normalized spacial score (nSPS) is 16.2. The van der Waals surface area contributed by atoms with E-state index in [9.17, 15) is 0 Å². The van der Waals surface area contributed by atoms with Crippen LogP contribution < -0.4 is 5.32 Å². The quantitative estimate of drug-likeness (QED) is 0.948. The van der Waals surface area contributed by atoms with E-state index >= 15 is 0 Å². The van der Waals surface area contributed by atoms with Gasteiger partial charge in [-0.2, -0.15) is 5.10 Å². The highest BCUT2D eigenvalue weighted by molar-refractivity contribution is 7.11. The number of rotatable bonds is 3. The summed E-state index contributed by atoms with van der Waals surface area (Å²) in [5, 5.41) is 9.32. The molecule has 0 radical (unpaired) electrons. The minimum atomic E-state index is 0.0334. The summed E-state index contributed by atoms with van der Waals surface area (Å²) < 4.78 is 1.92. The number of hydrogen-bond acceptors (Lipinski definition) is 4. The Hall–Kier alpha value is -1.20. The molecule has 1 atom stereocenters. The van der Waals surface area contributed by atoms with Crippen LogP contribution in [0.15, 0.2) is 6.20 Å². The molecule has 2 aromatic rings. The highest BCUT2D eigenvalue weighted by atomic mass is 32.1. The molecule has 3 rings (SSSR count). The standard InChI is InChI=1S/C16H24N4S/c1-16(2,3)14-10(9-20(5)19-14)13(17-4)15-18-11-7-6-8-12(11)21-15/h9,13,17H,6-8H2,1-5H3. The predicted molar refractivity (Wildman–Crippen MR) is 86.9 cm³/mol. The maximum atomic E-state index is 4.89. The molecule has 1 aliphatic carbocycles. The van der Waals surface area contributed by atoms with Gasteiger partial charge in [0.25, 0.3) is 0 Å². The lowest BCUT2D eigenvalue weighted by atomic mass is 9.87. The van der Waals surface area contributed by atoms with Crippen molar-refractivity contribution < 1.29 is 0 Å². The van der Waals surface area contributed by atoms with E-state index in [1.165, 1.54) is 34.0 Å². The number of hydrogen-bond donors (Lipinski definition) is 1. The average molecular weight is 304 g/mol. The zero-order chi connectivity index (χ0) is 15.2. The Morgan fingerprint density at radius 1 is 1.33 bits per heavy atom. The molecule has 0 saturated carbocycles. The second-order valence-electron chi connectivity index (χ2n) is 6.85. The summed E-state index contributed by atoms with van der Waals surface area (Å²) in [5.74, 6) is 0. The van der Waals surface area contributed by atoms with E-state index in [0.29, 0.717) is 0 Å². The molecule has 0 amide bonds. The minimum Gasteiger partial charge on any atom is -0.307 e. The predicted octanol–water partition coefficient (Wildman–Crippen LogP) is 2.97. The van der Waals surface area contributed by atoms with Crippen LogP contribution in [0, 0.1) is 0 Å². The fraction of sp³-hybridized carbons (Fsp3) is 0.625. The smallest absolute Gasteiger partial charge is 0.115 e. The van der Waals surface area contributed by atoms with Crippen molar-refractivity contribution in [3.63, 3.8) is 0 Å². The van der Waals surface area contributed by atoms with Crippen molar-refractivity contribution in [1.82, 2.24) is 20.1 Å². The molecule has 2 aromatic heterocycles. The van der Waals surface area contributed by atoms with Gasteiger partial charge >= 0.3 is 0 Å². The van der Waals surface area contributed by atoms with Gasteiger partial charge in [0, 0.05) is 29.1 Å². The summed E-state index contributed by atoms with van der Waals surface area (Å²) in [6.45, 7) is 6.65. The molecule has 0 fully saturated rings. The first-order chi connectivity index (χ1) is 9.90. The van der Waals surface area contributed by atoms with E-state index in [2.05, 4.69) is 32.3 Å². The summed E-state index contributed by atoms with van der Waals surface area (Å²) >= 11 is 1.87. The molecule has 1 unspecified atom stereocenters. The molecule has 1 N–H and O–H groups in total. The van der Waals surface area contributed by atoms with Crippen LogP contribution in [-0.4, -0.2) is 21.8 Å². The van der Waals surface area contributed by atoms with E-state index in [0.717, 1.165) is 12.1 Å². The van der Waals surface area contributed by atoms with E-state index < -0.39 is 0 Å². The maximum Gasteiger partial charge on any atom is 0.115 e. The highest BCUT2D eigenvalue weighted by Gasteiger charge is 2.29. The molecule has 21 heavy (non-hydrogen) atoms. The first-order valence-electron chi connectivity index (χ1n) is 7.60. The third-order valence-electron chi connectivity index (χ3n) is 4.03. The summed E-state index contributed by atoms with van der Waals surface area (Å²) in [5.41, 5.74) is 3.75. The molecular weight excluding hydrogens is 280 g/mol. The van der Waals surface area contributed by atoms with Crippen LogP contribution in [-0.2, 0) is 25.3 Å². The molecule has 114 valence electrons. The molecular formula is C16H24N4S. The zero-order valence-corrected chi connectivity index (χ0v) is 14.3. The Balaban J connectivity index is 2.04. The van der Waals surface area contributed by atoms with E-state index in [4.69, 9.17) is 10.1 Å². The van der Waals surface area contributed by atoms with Gasteiger partial charge in [-0.05, 0) is 26.3 Å². The topological polar surface area (TPSA) is 42.7 Å². The van der Waals surface area contributed by atoms with Gasteiger partial charge in [0.15, 0.2) is 0 Å². The lowest BCUT2D eigenvalue weighted by Gasteiger charge is -2.21. The molecule has 0 saturated heterocycles. The summed E-state index contributed by atoms with van der Waals surface area (Å²) in [6.07, 6.45) is 5.73. The molecule has 0 bridgehead atoms. The summed E-state index contributed by atoms with van der Waals surface area (Å²) in [4.78, 5) is 6.37. The van der Waals surface area contributed by atoms with E-state index in [1.807, 2.05) is 30.1 Å². The number of fused-ring (bicyclic) bond motifs is 1. The lowest BCUT2D eigenvalue weighted by Crippen LogP contribution is -2.22. The van der Waals surface area contributed by atoms with Gasteiger partial charge in [0.1, 0.15) is 5.01 Å². The number of aromatic nitrogens is 3. The third kappa shape index (κ3) is 2.64. The van der Waals surface area contributed by atoms with Crippen molar-refractivity contribution in [3.8, 4) is 0 Å². The number of aryl methyl sites for hydroxylation is 3. The first-order valence-corrected chi connectivity index (χ1v) is 8.41. The van der Waals surface area contributed by atoms with Crippen LogP contribution in [0.4, 0.5) is 0 Å². The Kier molecular flexibility index (Phi) is 3.66. The van der Waals surface area contributed by atoms with Gasteiger partial charge in [-0.3, -0.25) is 4.68 Å². The second kappa shape index (κ2) is 5.21. The van der Waals surface area contributed by atoms with Gasteiger partial charge in [-0.25, -0.2) is 4.98 Å². The van der Waals surface area contributed by atoms with Crippen molar-refractivity contribution in [2.75, 3.05) is 7.05 Å². The third-order valence-corrected chi connectivity index (χ3v) is 5.25. The van der Waals surface area contributed by atoms with Crippen molar-refractivity contribution >= 4 is 11.3 Å². The highest BCUT2D eigenvalue weighted by Crippen LogP contribution is 2.36. The molecule has 2 heterocycles. The van der Waals surface area contributed by atoms with Gasteiger partial charge in [-0.15, -0.1) is 11.3 Å². The number of nitrogens with zero attached hydrogens (tertiary/aromatic N) is 3. The van der Waals surface area contributed by atoms with Crippen LogP contribution >= 0.6 is 11.3 Å². The van der Waals surface area contributed by atoms with Crippen LogP contribution in [0.3, 0.4) is 0 Å². The maximum absolute atomic E-state index is 4.89. The molecule has 4 nitrogen and oxygen atoms in total. The van der Waals surface area contributed by atoms with Gasteiger partial charge in [0.05, 0.1) is 17.4 Å². The molecule has 1 aliphatic rings. The zero-order valence-electron chi connectivity index (χ0n) is 13.5. The largest absolute Gasteiger partial charge is 0.307 e. The van der Waals surface area contributed by atoms with Crippen molar-refractivity contribution in [1.29, 1.82) is 0 Å². The molecule has 5 heteroatoms. The van der Waals surface area contributed by atoms with Gasteiger partial charge in [-0.1, -0.05) is 20.8 Å². The van der Waals surface area contributed by atoms with E-state index in [1.54, 1.807) is 0 Å². The Bertz CT molecular complexity index is 626. The first kappa shape index (κ1) is 14.7. The average Bonchev–Trinajstić information content (AvgIpc) is 3.03. The summed E-state index contributed by atoms with van der Waals surface area (Å²) in [6, 6.07) is 0.142. The fourth-order valence-corrected chi connectivity index (χ4v) is 4.33.